The number of hydrogen-bond acceptors (Lipinski definition) is 0. The molecule has 0 nitrogen and oxygen atoms in total. The highest BCUT2D eigenvalue weighted by atomic mass is 19.1. The van der Waals surface area contributed by atoms with Gasteiger partial charge in [-0.3, -0.25) is 0 Å². The van der Waals surface area contributed by atoms with Crippen LogP contribution in [0.2, 0.25) is 0 Å². The molecule has 2 aliphatic rings. The monoisotopic (exact) mass is 534 g/mol. The molecule has 6 rings (SSSR count). The zero-order valence-electron chi connectivity index (χ0n) is 23.0. The Bertz CT molecular complexity index is 1710. The lowest BCUT2D eigenvalue weighted by Gasteiger charge is -2.34. The fourth-order valence-electron chi connectivity index (χ4n) is 5.61. The van der Waals surface area contributed by atoms with Crippen molar-refractivity contribution in [1.29, 1.82) is 0 Å². The summed E-state index contributed by atoms with van der Waals surface area (Å²) in [5.41, 5.74) is 15.0. The molecule has 0 bridgehead atoms. The van der Waals surface area contributed by atoms with Crippen LogP contribution in [-0.2, 0) is 0 Å². The zero-order chi connectivity index (χ0) is 28.3. The first kappa shape index (κ1) is 26.2. The Balaban J connectivity index is 1.54. The van der Waals surface area contributed by atoms with E-state index in [1.165, 1.54) is 46.5 Å². The molecule has 41 heavy (non-hydrogen) atoms. The third-order valence-corrected chi connectivity index (χ3v) is 7.40. The van der Waals surface area contributed by atoms with E-state index < -0.39 is 0 Å². The van der Waals surface area contributed by atoms with E-state index in [4.69, 9.17) is 0 Å². The lowest BCUT2D eigenvalue weighted by molar-refractivity contribution is 0.627. The first-order valence-corrected chi connectivity index (χ1v) is 13.7. The predicted octanol–water partition coefficient (Wildman–Crippen LogP) is 10.2. The Morgan fingerprint density at radius 2 is 1.10 bits per heavy atom. The Kier molecular flexibility index (Phi) is 7.17. The predicted molar refractivity (Wildman–Crippen MR) is 165 cm³/mol. The molecule has 0 saturated heterocycles. The highest BCUT2D eigenvalue weighted by Gasteiger charge is 2.24. The van der Waals surface area contributed by atoms with Gasteiger partial charge in [-0.2, -0.15) is 0 Å². The van der Waals surface area contributed by atoms with Gasteiger partial charge >= 0.3 is 0 Å². The van der Waals surface area contributed by atoms with E-state index in [-0.39, 0.29) is 11.6 Å². The maximum atomic E-state index is 14.0. The van der Waals surface area contributed by atoms with Crippen molar-refractivity contribution < 1.29 is 8.78 Å². The second kappa shape index (κ2) is 11.2. The second-order valence-corrected chi connectivity index (χ2v) is 10.3. The summed E-state index contributed by atoms with van der Waals surface area (Å²) in [6.45, 7) is 4.26. The first-order chi connectivity index (χ1) is 20.0. The minimum absolute atomic E-state index is 0.285. The summed E-state index contributed by atoms with van der Waals surface area (Å²) in [7, 11) is 0. The molecule has 0 fully saturated rings. The van der Waals surface area contributed by atoms with Crippen LogP contribution in [0, 0.1) is 24.0 Å². The normalized spacial score (nSPS) is 15.1. The third-order valence-electron chi connectivity index (χ3n) is 7.40. The fraction of sp³-hybridized carbons (Fsp3) is 0.0513. The van der Waals surface area contributed by atoms with Crippen molar-refractivity contribution in [1.82, 2.24) is 0 Å². The molecule has 0 aromatic heterocycles. The molecular formula is C39H28F2. The van der Waals surface area contributed by atoms with Gasteiger partial charge in [0, 0.05) is 40.5 Å². The number of hydrogen-bond donors (Lipinski definition) is 0. The van der Waals surface area contributed by atoms with Gasteiger partial charge < -0.3 is 0 Å². The molecule has 0 amide bonds. The standard InChI is InChI=1S/C39H28F2/c1-26-21-28(22-27(2)38(26)32-9-5-3-6-10-32)23-29-24-36(30-13-17-34(40)18-14-30)39(33-11-7-4-8-12-33)37(25-29)31-15-19-35(41)20-16-31/h3-22,24-25H,1-2H3. The van der Waals surface area contributed by atoms with Crippen molar-refractivity contribution in [3.05, 3.63) is 202 Å². The molecule has 0 radical (unpaired) electrons. The highest BCUT2D eigenvalue weighted by molar-refractivity contribution is 6.03. The average molecular weight is 535 g/mol. The molecule has 0 atom stereocenters. The lowest BCUT2D eigenvalue weighted by atomic mass is 9.74. The third kappa shape index (κ3) is 5.52. The van der Waals surface area contributed by atoms with Crippen molar-refractivity contribution in [2.75, 3.05) is 0 Å². The molecular weight excluding hydrogens is 506 g/mol. The highest BCUT2D eigenvalue weighted by Crippen LogP contribution is 2.46. The summed E-state index contributed by atoms with van der Waals surface area (Å²) in [4.78, 5) is 0. The van der Waals surface area contributed by atoms with Gasteiger partial charge in [-0.05, 0) is 50.2 Å². The molecule has 0 spiro atoms. The first-order valence-electron chi connectivity index (χ1n) is 13.7. The maximum absolute atomic E-state index is 14.0. The quantitative estimate of drug-likeness (QED) is 0.180. The van der Waals surface area contributed by atoms with E-state index in [2.05, 4.69) is 80.6 Å². The van der Waals surface area contributed by atoms with E-state index in [0.29, 0.717) is 0 Å². The Labute approximate surface area is 240 Å². The Morgan fingerprint density at radius 1 is 0.585 bits per heavy atom. The summed E-state index contributed by atoms with van der Waals surface area (Å²) in [6.07, 6.45) is 8.54. The molecule has 0 heterocycles. The molecule has 2 aliphatic carbocycles. The molecule has 0 unspecified atom stereocenters. The largest absolute Gasteiger partial charge is 0.207 e. The molecule has 2 heteroatoms. The van der Waals surface area contributed by atoms with E-state index in [0.717, 1.165) is 44.9 Å². The molecule has 4 aromatic rings. The van der Waals surface area contributed by atoms with E-state index >= 15 is 0 Å². The minimum Gasteiger partial charge on any atom is -0.207 e. The maximum Gasteiger partial charge on any atom is 0.147 e. The number of halogens is 2. The van der Waals surface area contributed by atoms with Gasteiger partial charge in [0.2, 0.25) is 0 Å². The van der Waals surface area contributed by atoms with Crippen LogP contribution in [-0.4, -0.2) is 0 Å². The zero-order valence-corrected chi connectivity index (χ0v) is 23.0. The van der Waals surface area contributed by atoms with Gasteiger partial charge in [0.25, 0.3) is 0 Å². The van der Waals surface area contributed by atoms with Crippen molar-refractivity contribution in [2.24, 2.45) is 0 Å². The SMILES string of the molecule is CC1=CC(=C=C2C=C(c3ccc(F)cc3)[C-](c3ccccc3)C(c3ccc(F)cc3)=C2)[CH+]C(C)=C1c1ccccc1. The summed E-state index contributed by atoms with van der Waals surface area (Å²) >= 11 is 0. The van der Waals surface area contributed by atoms with E-state index in [1.54, 1.807) is 24.3 Å². The molecule has 0 aliphatic heterocycles. The average Bonchev–Trinajstić information content (AvgIpc) is 2.98. The van der Waals surface area contributed by atoms with Gasteiger partial charge in [-0.25, -0.2) is 8.78 Å². The Morgan fingerprint density at radius 3 is 1.61 bits per heavy atom. The fourth-order valence-corrected chi connectivity index (χ4v) is 5.61. The lowest BCUT2D eigenvalue weighted by Crippen LogP contribution is -2.10. The molecule has 4 aromatic carbocycles. The summed E-state index contributed by atoms with van der Waals surface area (Å²) in [6, 6.07) is 33.7. The summed E-state index contributed by atoms with van der Waals surface area (Å²) < 4.78 is 27.9. The molecule has 0 saturated carbocycles. The van der Waals surface area contributed by atoms with Crippen LogP contribution in [0.4, 0.5) is 8.78 Å². The van der Waals surface area contributed by atoms with Gasteiger partial charge in [-0.15, -0.1) is 0 Å². The van der Waals surface area contributed by atoms with Crippen LogP contribution >= 0.6 is 0 Å². The van der Waals surface area contributed by atoms with Crippen molar-refractivity contribution in [3.63, 3.8) is 0 Å². The van der Waals surface area contributed by atoms with Gasteiger partial charge in [0.15, 0.2) is 0 Å². The van der Waals surface area contributed by atoms with Gasteiger partial charge in [0.05, 0.1) is 5.57 Å². The number of allylic oxidation sites excluding steroid dienone is 9. The molecule has 0 N–H and O–H groups in total. The van der Waals surface area contributed by atoms with E-state index in [9.17, 15) is 8.78 Å². The van der Waals surface area contributed by atoms with Crippen LogP contribution in [0.1, 0.15) is 36.1 Å². The van der Waals surface area contributed by atoms with Crippen LogP contribution in [0.3, 0.4) is 0 Å². The number of benzene rings is 4. The summed E-state index contributed by atoms with van der Waals surface area (Å²) in [5.74, 6) is 0.432. The van der Waals surface area contributed by atoms with Crippen LogP contribution in [0.5, 0.6) is 0 Å². The van der Waals surface area contributed by atoms with Crippen LogP contribution < -0.4 is 0 Å². The molecule has 198 valence electrons. The van der Waals surface area contributed by atoms with Crippen molar-refractivity contribution in [3.8, 4) is 0 Å². The van der Waals surface area contributed by atoms with Crippen LogP contribution in [0.25, 0.3) is 16.7 Å². The van der Waals surface area contributed by atoms with Gasteiger partial charge in [-0.1, -0.05) is 119 Å². The van der Waals surface area contributed by atoms with Crippen LogP contribution in [0.15, 0.2) is 155 Å². The van der Waals surface area contributed by atoms with E-state index in [1.807, 2.05) is 24.3 Å². The topological polar surface area (TPSA) is 0 Å². The Hall–Kier alpha value is -5.04. The summed E-state index contributed by atoms with van der Waals surface area (Å²) in [5, 5.41) is 0. The second-order valence-electron chi connectivity index (χ2n) is 10.3. The van der Waals surface area contributed by atoms with Gasteiger partial charge in [0.1, 0.15) is 17.2 Å². The van der Waals surface area contributed by atoms with Crippen molar-refractivity contribution in [2.45, 2.75) is 13.8 Å². The minimum atomic E-state index is -0.285. The smallest absolute Gasteiger partial charge is 0.147 e. The number of rotatable bonds is 4. The van der Waals surface area contributed by atoms with Crippen molar-refractivity contribution >= 4 is 16.7 Å².